The van der Waals surface area contributed by atoms with Crippen LogP contribution >= 0.6 is 0 Å². The SMILES string of the molecule is NC1(COc2ccccc2-c2ccncc2)CC1. The van der Waals surface area contributed by atoms with Crippen LogP contribution in [-0.2, 0) is 0 Å². The first-order valence-electron chi connectivity index (χ1n) is 6.18. The minimum Gasteiger partial charge on any atom is -0.491 e. The lowest BCUT2D eigenvalue weighted by Gasteiger charge is -2.14. The largest absolute Gasteiger partial charge is 0.491 e. The third-order valence-corrected chi connectivity index (χ3v) is 3.29. The molecule has 1 saturated carbocycles. The van der Waals surface area contributed by atoms with E-state index < -0.39 is 0 Å². The normalized spacial score (nSPS) is 16.3. The van der Waals surface area contributed by atoms with Crippen molar-refractivity contribution >= 4 is 0 Å². The van der Waals surface area contributed by atoms with E-state index in [0.29, 0.717) is 6.61 Å². The van der Waals surface area contributed by atoms with Gasteiger partial charge in [-0.3, -0.25) is 4.98 Å². The number of nitrogens with two attached hydrogens (primary N) is 1. The van der Waals surface area contributed by atoms with Crippen LogP contribution in [0.4, 0.5) is 0 Å². The molecule has 3 rings (SSSR count). The molecule has 3 nitrogen and oxygen atoms in total. The Hall–Kier alpha value is -1.87. The average Bonchev–Trinajstić information content (AvgIpc) is 3.16. The number of pyridine rings is 1. The van der Waals surface area contributed by atoms with E-state index >= 15 is 0 Å². The average molecular weight is 240 g/mol. The molecule has 1 heterocycles. The van der Waals surface area contributed by atoms with Crippen molar-refractivity contribution in [3.8, 4) is 16.9 Å². The van der Waals surface area contributed by atoms with E-state index in [-0.39, 0.29) is 5.54 Å². The zero-order valence-electron chi connectivity index (χ0n) is 10.2. The van der Waals surface area contributed by atoms with Crippen LogP contribution in [0, 0.1) is 0 Å². The number of nitrogens with zero attached hydrogens (tertiary/aromatic N) is 1. The fraction of sp³-hybridized carbons (Fsp3) is 0.267. The van der Waals surface area contributed by atoms with E-state index in [1.165, 1.54) is 0 Å². The van der Waals surface area contributed by atoms with E-state index in [1.54, 1.807) is 12.4 Å². The molecule has 0 radical (unpaired) electrons. The molecule has 2 N–H and O–H groups in total. The summed E-state index contributed by atoms with van der Waals surface area (Å²) in [6, 6.07) is 12.0. The van der Waals surface area contributed by atoms with Gasteiger partial charge in [-0.2, -0.15) is 0 Å². The van der Waals surface area contributed by atoms with E-state index in [0.717, 1.165) is 29.7 Å². The second-order valence-corrected chi connectivity index (χ2v) is 4.88. The monoisotopic (exact) mass is 240 g/mol. The molecule has 0 amide bonds. The first-order chi connectivity index (χ1) is 8.77. The predicted octanol–water partition coefficient (Wildman–Crippen LogP) is 2.62. The topological polar surface area (TPSA) is 48.1 Å². The highest BCUT2D eigenvalue weighted by Crippen LogP contribution is 2.35. The highest BCUT2D eigenvalue weighted by atomic mass is 16.5. The summed E-state index contributed by atoms with van der Waals surface area (Å²) in [4.78, 5) is 4.03. The maximum Gasteiger partial charge on any atom is 0.127 e. The molecule has 0 atom stereocenters. The van der Waals surface area contributed by atoms with Crippen molar-refractivity contribution in [1.82, 2.24) is 4.98 Å². The Balaban J connectivity index is 1.85. The van der Waals surface area contributed by atoms with Crippen LogP contribution in [0.1, 0.15) is 12.8 Å². The molecule has 92 valence electrons. The number of rotatable bonds is 4. The molecule has 1 aliphatic rings. The minimum absolute atomic E-state index is 0.0919. The molecular formula is C15H16N2O. The maximum absolute atomic E-state index is 6.05. The smallest absolute Gasteiger partial charge is 0.127 e. The fourth-order valence-electron chi connectivity index (χ4n) is 1.89. The molecule has 1 fully saturated rings. The number of benzene rings is 1. The van der Waals surface area contributed by atoms with Crippen LogP contribution < -0.4 is 10.5 Å². The van der Waals surface area contributed by atoms with Crippen molar-refractivity contribution in [3.05, 3.63) is 48.8 Å². The van der Waals surface area contributed by atoms with Gasteiger partial charge in [0.05, 0.1) is 5.54 Å². The van der Waals surface area contributed by atoms with Crippen molar-refractivity contribution in [2.75, 3.05) is 6.61 Å². The number of hydrogen-bond acceptors (Lipinski definition) is 3. The fourth-order valence-corrected chi connectivity index (χ4v) is 1.89. The van der Waals surface area contributed by atoms with Crippen molar-refractivity contribution in [2.24, 2.45) is 5.73 Å². The van der Waals surface area contributed by atoms with Crippen molar-refractivity contribution in [3.63, 3.8) is 0 Å². The molecule has 0 aliphatic heterocycles. The Morgan fingerprint density at radius 1 is 1.11 bits per heavy atom. The zero-order chi connectivity index (χ0) is 12.4. The van der Waals surface area contributed by atoms with Crippen LogP contribution in [-0.4, -0.2) is 17.1 Å². The van der Waals surface area contributed by atoms with Gasteiger partial charge in [0.1, 0.15) is 12.4 Å². The maximum atomic E-state index is 6.05. The molecule has 3 heteroatoms. The van der Waals surface area contributed by atoms with Gasteiger partial charge in [-0.15, -0.1) is 0 Å². The first-order valence-corrected chi connectivity index (χ1v) is 6.18. The molecule has 0 spiro atoms. The number of aromatic nitrogens is 1. The van der Waals surface area contributed by atoms with Crippen molar-refractivity contribution in [2.45, 2.75) is 18.4 Å². The summed E-state index contributed by atoms with van der Waals surface area (Å²) < 4.78 is 5.87. The van der Waals surface area contributed by atoms with Crippen LogP contribution in [0.5, 0.6) is 5.75 Å². The third-order valence-electron chi connectivity index (χ3n) is 3.29. The van der Waals surface area contributed by atoms with Gasteiger partial charge in [-0.05, 0) is 36.6 Å². The lowest BCUT2D eigenvalue weighted by atomic mass is 10.1. The van der Waals surface area contributed by atoms with Crippen LogP contribution in [0.15, 0.2) is 48.8 Å². The van der Waals surface area contributed by atoms with Crippen LogP contribution in [0.2, 0.25) is 0 Å². The van der Waals surface area contributed by atoms with Crippen LogP contribution in [0.3, 0.4) is 0 Å². The molecule has 0 saturated heterocycles. The molecule has 0 unspecified atom stereocenters. The summed E-state index contributed by atoms with van der Waals surface area (Å²) in [5, 5.41) is 0. The lowest BCUT2D eigenvalue weighted by Crippen LogP contribution is -2.29. The summed E-state index contributed by atoms with van der Waals surface area (Å²) in [5.41, 5.74) is 8.16. The van der Waals surface area contributed by atoms with Gasteiger partial charge in [0.25, 0.3) is 0 Å². The highest BCUT2D eigenvalue weighted by Gasteiger charge is 2.39. The van der Waals surface area contributed by atoms with E-state index in [2.05, 4.69) is 11.1 Å². The molecule has 1 aromatic carbocycles. The lowest BCUT2D eigenvalue weighted by molar-refractivity contribution is 0.280. The Morgan fingerprint density at radius 2 is 1.83 bits per heavy atom. The molecule has 18 heavy (non-hydrogen) atoms. The quantitative estimate of drug-likeness (QED) is 0.893. The van der Waals surface area contributed by atoms with Crippen LogP contribution in [0.25, 0.3) is 11.1 Å². The molecule has 1 aliphatic carbocycles. The Kier molecular flexibility index (Phi) is 2.76. The van der Waals surface area contributed by atoms with Gasteiger partial charge in [-0.1, -0.05) is 18.2 Å². The van der Waals surface area contributed by atoms with E-state index in [9.17, 15) is 0 Å². The van der Waals surface area contributed by atoms with Crippen molar-refractivity contribution in [1.29, 1.82) is 0 Å². The standard InChI is InChI=1S/C15H16N2O/c16-15(7-8-15)11-18-14-4-2-1-3-13(14)12-5-9-17-10-6-12/h1-6,9-10H,7-8,11,16H2. The Morgan fingerprint density at radius 3 is 2.56 bits per heavy atom. The van der Waals surface area contributed by atoms with Gasteiger partial charge >= 0.3 is 0 Å². The highest BCUT2D eigenvalue weighted by molar-refractivity contribution is 5.69. The number of para-hydroxylation sites is 1. The Bertz CT molecular complexity index is 535. The van der Waals surface area contributed by atoms with Gasteiger partial charge < -0.3 is 10.5 Å². The summed E-state index contributed by atoms with van der Waals surface area (Å²) in [6.45, 7) is 0.592. The summed E-state index contributed by atoms with van der Waals surface area (Å²) in [5.74, 6) is 0.889. The molecule has 0 bridgehead atoms. The predicted molar refractivity (Wildman–Crippen MR) is 71.3 cm³/mol. The third kappa shape index (κ3) is 2.36. The Labute approximate surface area is 107 Å². The molecule has 2 aromatic rings. The van der Waals surface area contributed by atoms with Crippen molar-refractivity contribution < 1.29 is 4.74 Å². The van der Waals surface area contributed by atoms with Gasteiger partial charge in [0.2, 0.25) is 0 Å². The second-order valence-electron chi connectivity index (χ2n) is 4.88. The van der Waals surface area contributed by atoms with E-state index in [1.807, 2.05) is 30.3 Å². The summed E-state index contributed by atoms with van der Waals surface area (Å²) >= 11 is 0. The minimum atomic E-state index is -0.0919. The molecule has 1 aromatic heterocycles. The number of ether oxygens (including phenoxy) is 1. The van der Waals surface area contributed by atoms with Gasteiger partial charge in [0.15, 0.2) is 0 Å². The molecular weight excluding hydrogens is 224 g/mol. The second kappa shape index (κ2) is 4.42. The summed E-state index contributed by atoms with van der Waals surface area (Å²) in [7, 11) is 0. The van der Waals surface area contributed by atoms with Gasteiger partial charge in [-0.25, -0.2) is 0 Å². The zero-order valence-corrected chi connectivity index (χ0v) is 10.2. The first kappa shape index (κ1) is 11.2. The van der Waals surface area contributed by atoms with Gasteiger partial charge in [0, 0.05) is 18.0 Å². The number of hydrogen-bond donors (Lipinski definition) is 1. The summed E-state index contributed by atoms with van der Waals surface area (Å²) in [6.07, 6.45) is 5.70. The van der Waals surface area contributed by atoms with E-state index in [4.69, 9.17) is 10.5 Å².